The van der Waals surface area contributed by atoms with Crippen LogP contribution in [0.4, 0.5) is 0 Å². The molecule has 1 rings (SSSR count). The number of ether oxygens (including phenoxy) is 1. The van der Waals surface area contributed by atoms with Crippen molar-refractivity contribution < 1.29 is 14.6 Å². The van der Waals surface area contributed by atoms with Crippen molar-refractivity contribution in [2.75, 3.05) is 19.8 Å². The molecule has 19 heavy (non-hydrogen) atoms. The van der Waals surface area contributed by atoms with Crippen molar-refractivity contribution >= 4 is 5.91 Å². The number of benzene rings is 1. The van der Waals surface area contributed by atoms with Crippen molar-refractivity contribution in [2.45, 2.75) is 27.2 Å². The van der Waals surface area contributed by atoms with E-state index in [4.69, 9.17) is 9.84 Å². The number of hydrogen-bond donors (Lipinski definition) is 2. The molecule has 1 aromatic rings. The van der Waals surface area contributed by atoms with Crippen molar-refractivity contribution in [1.29, 1.82) is 0 Å². The van der Waals surface area contributed by atoms with Gasteiger partial charge < -0.3 is 15.2 Å². The summed E-state index contributed by atoms with van der Waals surface area (Å²) < 4.78 is 5.61. The molecule has 1 unspecified atom stereocenters. The SMILES string of the molecule is Cc1cccc(OCCC(=O)NCC(C)CO)c1C. The van der Waals surface area contributed by atoms with Crippen molar-refractivity contribution in [3.8, 4) is 5.75 Å². The van der Waals surface area contributed by atoms with Gasteiger partial charge in [-0.2, -0.15) is 0 Å². The number of aryl methyl sites for hydroxylation is 1. The first-order valence-corrected chi connectivity index (χ1v) is 6.61. The van der Waals surface area contributed by atoms with E-state index >= 15 is 0 Å². The van der Waals surface area contributed by atoms with Crippen molar-refractivity contribution in [3.05, 3.63) is 29.3 Å². The van der Waals surface area contributed by atoms with Gasteiger partial charge in [-0.3, -0.25) is 4.79 Å². The van der Waals surface area contributed by atoms with Gasteiger partial charge in [0.05, 0.1) is 13.0 Å². The molecule has 0 aliphatic carbocycles. The fourth-order valence-electron chi connectivity index (χ4n) is 1.58. The minimum atomic E-state index is -0.0504. The summed E-state index contributed by atoms with van der Waals surface area (Å²) in [6, 6.07) is 5.89. The van der Waals surface area contributed by atoms with Crippen LogP contribution >= 0.6 is 0 Å². The van der Waals surface area contributed by atoms with Crippen LogP contribution < -0.4 is 10.1 Å². The third kappa shape index (κ3) is 5.30. The average molecular weight is 265 g/mol. The van der Waals surface area contributed by atoms with Gasteiger partial charge in [0, 0.05) is 13.2 Å². The highest BCUT2D eigenvalue weighted by Gasteiger charge is 2.06. The highest BCUT2D eigenvalue weighted by molar-refractivity contribution is 5.75. The lowest BCUT2D eigenvalue weighted by Gasteiger charge is -2.12. The predicted octanol–water partition coefficient (Wildman–Crippen LogP) is 1.82. The van der Waals surface area contributed by atoms with E-state index in [1.165, 1.54) is 5.56 Å². The molecule has 1 atom stereocenters. The molecule has 0 saturated carbocycles. The van der Waals surface area contributed by atoms with Gasteiger partial charge in [-0.15, -0.1) is 0 Å². The zero-order valence-electron chi connectivity index (χ0n) is 11.9. The van der Waals surface area contributed by atoms with Crippen LogP contribution in [0.5, 0.6) is 5.75 Å². The summed E-state index contributed by atoms with van der Waals surface area (Å²) in [5.41, 5.74) is 2.29. The Balaban J connectivity index is 2.30. The van der Waals surface area contributed by atoms with E-state index in [1.54, 1.807) is 0 Å². The van der Waals surface area contributed by atoms with Crippen LogP contribution in [0.3, 0.4) is 0 Å². The summed E-state index contributed by atoms with van der Waals surface area (Å²) in [7, 11) is 0. The van der Waals surface area contributed by atoms with E-state index in [2.05, 4.69) is 5.32 Å². The minimum Gasteiger partial charge on any atom is -0.493 e. The second-order valence-corrected chi connectivity index (χ2v) is 4.89. The Bertz CT molecular complexity index is 418. The van der Waals surface area contributed by atoms with E-state index < -0.39 is 0 Å². The van der Waals surface area contributed by atoms with Crippen molar-refractivity contribution in [3.63, 3.8) is 0 Å². The molecule has 0 saturated heterocycles. The summed E-state index contributed by atoms with van der Waals surface area (Å²) >= 11 is 0. The number of aliphatic hydroxyl groups is 1. The highest BCUT2D eigenvalue weighted by Crippen LogP contribution is 2.20. The van der Waals surface area contributed by atoms with Gasteiger partial charge in [-0.25, -0.2) is 0 Å². The summed E-state index contributed by atoms with van der Waals surface area (Å²) in [5, 5.41) is 11.6. The van der Waals surface area contributed by atoms with Gasteiger partial charge in [0.25, 0.3) is 0 Å². The average Bonchev–Trinajstić information content (AvgIpc) is 2.40. The molecular weight excluding hydrogens is 242 g/mol. The zero-order chi connectivity index (χ0) is 14.3. The van der Waals surface area contributed by atoms with Crippen LogP contribution in [0, 0.1) is 19.8 Å². The maximum Gasteiger partial charge on any atom is 0.223 e. The van der Waals surface area contributed by atoms with Crippen LogP contribution in [-0.4, -0.2) is 30.8 Å². The molecule has 0 heterocycles. The van der Waals surface area contributed by atoms with Crippen LogP contribution in [0.15, 0.2) is 18.2 Å². The summed E-state index contributed by atoms with van der Waals surface area (Å²) in [6.45, 7) is 6.87. The molecule has 0 radical (unpaired) electrons. The van der Waals surface area contributed by atoms with Crippen LogP contribution in [-0.2, 0) is 4.79 Å². The highest BCUT2D eigenvalue weighted by atomic mass is 16.5. The van der Waals surface area contributed by atoms with E-state index in [9.17, 15) is 4.79 Å². The third-order valence-electron chi connectivity index (χ3n) is 3.10. The van der Waals surface area contributed by atoms with E-state index in [-0.39, 0.29) is 18.4 Å². The van der Waals surface area contributed by atoms with Gasteiger partial charge in [0.2, 0.25) is 5.91 Å². The van der Waals surface area contributed by atoms with Crippen LogP contribution in [0.1, 0.15) is 24.5 Å². The lowest BCUT2D eigenvalue weighted by molar-refractivity contribution is -0.121. The minimum absolute atomic E-state index is 0.0504. The molecule has 0 fully saturated rings. The van der Waals surface area contributed by atoms with E-state index in [0.717, 1.165) is 11.3 Å². The number of carbonyl (C=O) groups excluding carboxylic acids is 1. The number of carbonyl (C=O) groups is 1. The molecule has 0 bridgehead atoms. The molecule has 1 amide bonds. The first kappa shape index (κ1) is 15.5. The van der Waals surface area contributed by atoms with E-state index in [1.807, 2.05) is 39.0 Å². The molecule has 106 valence electrons. The monoisotopic (exact) mass is 265 g/mol. The van der Waals surface area contributed by atoms with Crippen molar-refractivity contribution in [2.24, 2.45) is 5.92 Å². The molecule has 0 aliphatic rings. The lowest BCUT2D eigenvalue weighted by Crippen LogP contribution is -2.30. The summed E-state index contributed by atoms with van der Waals surface area (Å²) in [5.74, 6) is 0.867. The van der Waals surface area contributed by atoms with Gasteiger partial charge >= 0.3 is 0 Å². The predicted molar refractivity (Wildman–Crippen MR) is 75.3 cm³/mol. The van der Waals surface area contributed by atoms with Crippen molar-refractivity contribution in [1.82, 2.24) is 5.32 Å². The largest absolute Gasteiger partial charge is 0.493 e. The maximum absolute atomic E-state index is 11.5. The fourth-order valence-corrected chi connectivity index (χ4v) is 1.58. The fraction of sp³-hybridized carbons (Fsp3) is 0.533. The molecular formula is C15H23NO3. The van der Waals surface area contributed by atoms with E-state index in [0.29, 0.717) is 19.6 Å². The Kier molecular flexibility index (Phi) is 6.36. The Morgan fingerprint density at radius 1 is 1.42 bits per heavy atom. The smallest absolute Gasteiger partial charge is 0.223 e. The molecule has 4 nitrogen and oxygen atoms in total. The maximum atomic E-state index is 11.5. The van der Waals surface area contributed by atoms with Gasteiger partial charge in [0.15, 0.2) is 0 Å². The number of hydrogen-bond acceptors (Lipinski definition) is 3. The zero-order valence-corrected chi connectivity index (χ0v) is 11.9. The Hall–Kier alpha value is -1.55. The Morgan fingerprint density at radius 2 is 2.16 bits per heavy atom. The molecule has 1 aromatic carbocycles. The molecule has 0 aliphatic heterocycles. The number of rotatable bonds is 7. The number of nitrogens with one attached hydrogen (secondary N) is 1. The first-order valence-electron chi connectivity index (χ1n) is 6.61. The molecule has 0 spiro atoms. The Labute approximate surface area is 114 Å². The summed E-state index contributed by atoms with van der Waals surface area (Å²) in [6.07, 6.45) is 0.325. The normalized spacial score (nSPS) is 12.0. The quantitative estimate of drug-likeness (QED) is 0.790. The Morgan fingerprint density at radius 3 is 2.84 bits per heavy atom. The van der Waals surface area contributed by atoms with Gasteiger partial charge in [0.1, 0.15) is 5.75 Å². The number of aliphatic hydroxyl groups excluding tert-OH is 1. The molecule has 0 aromatic heterocycles. The van der Waals surface area contributed by atoms with Gasteiger partial charge in [-0.05, 0) is 37.0 Å². The second-order valence-electron chi connectivity index (χ2n) is 4.89. The molecule has 2 N–H and O–H groups in total. The standard InChI is InChI=1S/C15H23NO3/c1-11(10-17)9-16-15(18)7-8-19-14-6-4-5-12(2)13(14)3/h4-6,11,17H,7-10H2,1-3H3,(H,16,18). The second kappa shape index (κ2) is 7.79. The van der Waals surface area contributed by atoms with Crippen LogP contribution in [0.25, 0.3) is 0 Å². The first-order chi connectivity index (χ1) is 9.04. The third-order valence-corrected chi connectivity index (χ3v) is 3.10. The topological polar surface area (TPSA) is 58.6 Å². The molecule has 4 heteroatoms. The van der Waals surface area contributed by atoms with Gasteiger partial charge in [-0.1, -0.05) is 19.1 Å². The number of amides is 1. The summed E-state index contributed by atoms with van der Waals surface area (Å²) in [4.78, 5) is 11.5. The van der Waals surface area contributed by atoms with Crippen LogP contribution in [0.2, 0.25) is 0 Å². The lowest BCUT2D eigenvalue weighted by atomic mass is 10.1.